The highest BCUT2D eigenvalue weighted by Gasteiger charge is 2.11. The number of benzene rings is 1. The topological polar surface area (TPSA) is 35.0 Å². The Kier molecular flexibility index (Phi) is 3.08. The van der Waals surface area contributed by atoms with Crippen LogP contribution in [0, 0.1) is 12.7 Å². The second-order valence-electron chi connectivity index (χ2n) is 3.93. The average molecular weight is 295 g/mol. The summed E-state index contributed by atoms with van der Waals surface area (Å²) in [5.74, 6) is 0.567. The minimum atomic E-state index is -0.315. The van der Waals surface area contributed by atoms with Gasteiger partial charge in [-0.15, -0.1) is 11.3 Å². The van der Waals surface area contributed by atoms with Gasteiger partial charge in [0.05, 0.1) is 5.39 Å². The number of aromatic nitrogens is 2. The van der Waals surface area contributed by atoms with E-state index < -0.39 is 0 Å². The Labute approximate surface area is 117 Å². The minimum Gasteiger partial charge on any atom is -0.438 e. The number of fused-ring (bicyclic) bond motifs is 1. The zero-order valence-corrected chi connectivity index (χ0v) is 11.4. The molecule has 2 heterocycles. The van der Waals surface area contributed by atoms with Gasteiger partial charge in [0.2, 0.25) is 11.2 Å². The Morgan fingerprint density at radius 2 is 1.95 bits per heavy atom. The van der Waals surface area contributed by atoms with Crippen LogP contribution >= 0.6 is 22.9 Å². The highest BCUT2D eigenvalue weighted by atomic mass is 35.5. The molecular weight excluding hydrogens is 287 g/mol. The average Bonchev–Trinajstić information content (AvgIpc) is 2.72. The standard InChI is InChI=1S/C13H8ClFN2OS/c1-7-6-10-11(16-13(14)17-12(10)19-7)18-9-4-2-8(15)3-5-9/h2-6H,1H3. The van der Waals surface area contributed by atoms with Crippen LogP contribution in [0.5, 0.6) is 11.6 Å². The van der Waals surface area contributed by atoms with Crippen LogP contribution in [0.4, 0.5) is 4.39 Å². The van der Waals surface area contributed by atoms with E-state index in [2.05, 4.69) is 9.97 Å². The Morgan fingerprint density at radius 1 is 1.21 bits per heavy atom. The van der Waals surface area contributed by atoms with Crippen LogP contribution in [-0.4, -0.2) is 9.97 Å². The zero-order chi connectivity index (χ0) is 13.4. The fourth-order valence-corrected chi connectivity index (χ4v) is 2.76. The largest absolute Gasteiger partial charge is 0.438 e. The molecule has 1 aromatic carbocycles. The highest BCUT2D eigenvalue weighted by Crippen LogP contribution is 2.33. The van der Waals surface area contributed by atoms with Crippen LogP contribution < -0.4 is 4.74 Å². The van der Waals surface area contributed by atoms with Crippen molar-refractivity contribution in [3.8, 4) is 11.6 Å². The van der Waals surface area contributed by atoms with E-state index in [1.165, 1.54) is 35.6 Å². The lowest BCUT2D eigenvalue weighted by Crippen LogP contribution is -1.91. The number of ether oxygens (including phenoxy) is 1. The van der Waals surface area contributed by atoms with E-state index in [0.29, 0.717) is 11.6 Å². The van der Waals surface area contributed by atoms with Gasteiger partial charge in [0, 0.05) is 4.88 Å². The first kappa shape index (κ1) is 12.3. The minimum absolute atomic E-state index is 0.131. The Bertz CT molecular complexity index is 742. The van der Waals surface area contributed by atoms with Crippen LogP contribution in [0.25, 0.3) is 10.2 Å². The number of nitrogens with zero attached hydrogens (tertiary/aromatic N) is 2. The lowest BCUT2D eigenvalue weighted by molar-refractivity contribution is 0.466. The number of halogens is 2. The molecule has 0 saturated heterocycles. The number of aryl methyl sites for hydroxylation is 1. The van der Waals surface area contributed by atoms with Crippen molar-refractivity contribution in [3.63, 3.8) is 0 Å². The van der Waals surface area contributed by atoms with Crippen molar-refractivity contribution in [1.82, 2.24) is 9.97 Å². The quantitative estimate of drug-likeness (QED) is 0.649. The lowest BCUT2D eigenvalue weighted by atomic mass is 10.3. The third kappa shape index (κ3) is 2.52. The third-order valence-corrected chi connectivity index (χ3v) is 3.60. The molecule has 3 nitrogen and oxygen atoms in total. The predicted molar refractivity (Wildman–Crippen MR) is 73.6 cm³/mol. The predicted octanol–water partition coefficient (Wildman–Crippen LogP) is 4.58. The van der Waals surface area contributed by atoms with Gasteiger partial charge in [0.15, 0.2) is 0 Å². The van der Waals surface area contributed by atoms with Crippen molar-refractivity contribution in [2.75, 3.05) is 0 Å². The van der Waals surface area contributed by atoms with Gasteiger partial charge in [-0.25, -0.2) is 9.37 Å². The fourth-order valence-electron chi connectivity index (χ4n) is 1.68. The van der Waals surface area contributed by atoms with Crippen molar-refractivity contribution in [2.45, 2.75) is 6.92 Å². The molecule has 0 radical (unpaired) electrons. The summed E-state index contributed by atoms with van der Waals surface area (Å²) in [6.07, 6.45) is 0. The molecule has 0 aliphatic carbocycles. The SMILES string of the molecule is Cc1cc2c(Oc3ccc(F)cc3)nc(Cl)nc2s1. The van der Waals surface area contributed by atoms with Crippen LogP contribution in [-0.2, 0) is 0 Å². The van der Waals surface area contributed by atoms with Gasteiger partial charge in [0.1, 0.15) is 16.4 Å². The molecule has 0 atom stereocenters. The second kappa shape index (κ2) is 4.75. The van der Waals surface area contributed by atoms with E-state index in [0.717, 1.165) is 15.1 Å². The molecule has 6 heteroatoms. The van der Waals surface area contributed by atoms with Gasteiger partial charge in [-0.1, -0.05) is 0 Å². The van der Waals surface area contributed by atoms with Crippen molar-refractivity contribution < 1.29 is 9.13 Å². The molecule has 2 aromatic heterocycles. The first-order valence-corrected chi connectivity index (χ1v) is 6.68. The van der Waals surface area contributed by atoms with Gasteiger partial charge < -0.3 is 4.74 Å². The molecule has 0 bridgehead atoms. The number of thiophene rings is 1. The molecule has 0 unspecified atom stereocenters. The maximum Gasteiger partial charge on any atom is 0.232 e. The van der Waals surface area contributed by atoms with Crippen LogP contribution in [0.15, 0.2) is 30.3 Å². The van der Waals surface area contributed by atoms with Gasteiger partial charge in [-0.2, -0.15) is 4.98 Å². The van der Waals surface area contributed by atoms with Gasteiger partial charge >= 0.3 is 0 Å². The highest BCUT2D eigenvalue weighted by molar-refractivity contribution is 7.18. The maximum atomic E-state index is 12.8. The monoisotopic (exact) mass is 294 g/mol. The zero-order valence-electron chi connectivity index (χ0n) is 9.85. The summed E-state index contributed by atoms with van der Waals surface area (Å²) in [5.41, 5.74) is 0. The fraction of sp³-hybridized carbons (Fsp3) is 0.0769. The molecule has 0 aliphatic heterocycles. The molecule has 0 spiro atoms. The van der Waals surface area contributed by atoms with E-state index in [1.807, 2.05) is 13.0 Å². The van der Waals surface area contributed by atoms with Gasteiger partial charge in [-0.3, -0.25) is 0 Å². The molecule has 3 aromatic rings. The summed E-state index contributed by atoms with van der Waals surface area (Å²) in [6, 6.07) is 7.67. The van der Waals surface area contributed by atoms with Crippen LogP contribution in [0.1, 0.15) is 4.88 Å². The molecule has 0 amide bonds. The van der Waals surface area contributed by atoms with E-state index in [1.54, 1.807) is 0 Å². The second-order valence-corrected chi connectivity index (χ2v) is 5.50. The Morgan fingerprint density at radius 3 is 2.68 bits per heavy atom. The lowest BCUT2D eigenvalue weighted by Gasteiger charge is -2.05. The van der Waals surface area contributed by atoms with Gasteiger partial charge in [0.25, 0.3) is 0 Å². The summed E-state index contributed by atoms with van der Waals surface area (Å²) in [6.45, 7) is 1.97. The number of hydrogen-bond acceptors (Lipinski definition) is 4. The molecule has 0 fully saturated rings. The van der Waals surface area contributed by atoms with E-state index in [9.17, 15) is 4.39 Å². The summed E-state index contributed by atoms with van der Waals surface area (Å²) >= 11 is 7.39. The van der Waals surface area contributed by atoms with Gasteiger partial charge in [-0.05, 0) is 48.9 Å². The van der Waals surface area contributed by atoms with E-state index >= 15 is 0 Å². The maximum absolute atomic E-state index is 12.8. The van der Waals surface area contributed by atoms with E-state index in [4.69, 9.17) is 16.3 Å². The molecule has 3 rings (SSSR count). The van der Waals surface area contributed by atoms with Crippen molar-refractivity contribution >= 4 is 33.2 Å². The van der Waals surface area contributed by atoms with Crippen molar-refractivity contribution in [1.29, 1.82) is 0 Å². The van der Waals surface area contributed by atoms with Crippen molar-refractivity contribution in [2.24, 2.45) is 0 Å². The molecule has 0 N–H and O–H groups in total. The summed E-state index contributed by atoms with van der Waals surface area (Å²) in [7, 11) is 0. The Hall–Kier alpha value is -1.72. The first-order valence-electron chi connectivity index (χ1n) is 5.49. The molecule has 0 saturated carbocycles. The molecular formula is C13H8ClFN2OS. The number of rotatable bonds is 2. The number of hydrogen-bond donors (Lipinski definition) is 0. The Balaban J connectivity index is 2.06. The van der Waals surface area contributed by atoms with E-state index in [-0.39, 0.29) is 11.1 Å². The summed E-state index contributed by atoms with van der Waals surface area (Å²) in [4.78, 5) is 10.1. The summed E-state index contributed by atoms with van der Waals surface area (Å²) < 4.78 is 18.5. The molecule has 19 heavy (non-hydrogen) atoms. The van der Waals surface area contributed by atoms with Crippen molar-refractivity contribution in [3.05, 3.63) is 46.3 Å². The first-order chi connectivity index (χ1) is 9.11. The summed E-state index contributed by atoms with van der Waals surface area (Å²) in [5, 5.41) is 0.933. The smallest absolute Gasteiger partial charge is 0.232 e. The van der Waals surface area contributed by atoms with Crippen LogP contribution in [0.3, 0.4) is 0 Å². The molecule has 96 valence electrons. The van der Waals surface area contributed by atoms with Crippen LogP contribution in [0.2, 0.25) is 5.28 Å². The molecule has 0 aliphatic rings. The normalized spacial score (nSPS) is 10.9. The third-order valence-electron chi connectivity index (χ3n) is 2.48.